The lowest BCUT2D eigenvalue weighted by Crippen LogP contribution is -2.47. The maximum atomic E-state index is 13.3. The fourth-order valence-electron chi connectivity index (χ4n) is 2.19. The van der Waals surface area contributed by atoms with Gasteiger partial charge in [-0.3, -0.25) is 4.90 Å². The Kier molecular flexibility index (Phi) is 9.09. The first-order valence-electron chi connectivity index (χ1n) is 5.77. The molecular weight excluding hydrogens is 380 g/mol. The van der Waals surface area contributed by atoms with Crippen LogP contribution in [-0.4, -0.2) is 37.5 Å². The van der Waals surface area contributed by atoms with Gasteiger partial charge in [0.15, 0.2) is 0 Å². The molecule has 1 N–H and O–H groups in total. The normalized spacial score (nSPS) is 17.2. The minimum Gasteiger partial charge on any atom is -0.314 e. The van der Waals surface area contributed by atoms with E-state index < -0.39 is 18.3 Å². The Hall–Kier alpha value is -0.0100. The van der Waals surface area contributed by atoms with Crippen LogP contribution >= 0.6 is 40.7 Å². The zero-order valence-electron chi connectivity index (χ0n) is 10.5. The predicted molar refractivity (Wildman–Crippen MR) is 81.8 cm³/mol. The second-order valence-electron chi connectivity index (χ2n) is 4.23. The number of alkyl halides is 2. The molecule has 8 heteroatoms. The maximum Gasteiger partial charge on any atom is 0.258 e. The van der Waals surface area contributed by atoms with Crippen molar-refractivity contribution in [2.24, 2.45) is 0 Å². The Morgan fingerprint density at radius 2 is 1.75 bits per heavy atom. The lowest BCUT2D eigenvalue weighted by molar-refractivity contribution is 0.0178. The lowest BCUT2D eigenvalue weighted by Gasteiger charge is -2.35. The summed E-state index contributed by atoms with van der Waals surface area (Å²) in [4.78, 5) is 1.74. The van der Waals surface area contributed by atoms with Crippen LogP contribution < -0.4 is 5.32 Å². The third kappa shape index (κ3) is 4.77. The third-order valence-electron chi connectivity index (χ3n) is 3.06. The van der Waals surface area contributed by atoms with Crippen LogP contribution in [0.2, 0.25) is 0 Å². The minimum absolute atomic E-state index is 0. The quantitative estimate of drug-likeness (QED) is 0.840. The fraction of sp³-hybridized carbons (Fsp3) is 0.500. The smallest absolute Gasteiger partial charge is 0.258 e. The monoisotopic (exact) mass is 394 g/mol. The third-order valence-corrected chi connectivity index (χ3v) is 3.75. The Bertz CT molecular complexity index is 418. The van der Waals surface area contributed by atoms with Crippen molar-refractivity contribution >= 4 is 40.7 Å². The molecule has 2 rings (SSSR count). The van der Waals surface area contributed by atoms with Crippen LogP contribution in [0.5, 0.6) is 0 Å². The average Bonchev–Trinajstić information content (AvgIpc) is 2.33. The molecule has 0 radical (unpaired) electrons. The van der Waals surface area contributed by atoms with Crippen molar-refractivity contribution in [3.63, 3.8) is 0 Å². The molecule has 0 saturated carbocycles. The van der Waals surface area contributed by atoms with E-state index in [2.05, 4.69) is 21.2 Å². The van der Waals surface area contributed by atoms with Gasteiger partial charge in [-0.1, -0.05) is 22.0 Å². The highest BCUT2D eigenvalue weighted by molar-refractivity contribution is 9.10. The molecule has 116 valence electrons. The Balaban J connectivity index is 0.00000180. The molecule has 1 heterocycles. The van der Waals surface area contributed by atoms with E-state index in [1.165, 1.54) is 18.2 Å². The molecule has 1 saturated heterocycles. The van der Waals surface area contributed by atoms with Crippen LogP contribution in [0.4, 0.5) is 13.2 Å². The molecule has 2 nitrogen and oxygen atoms in total. The van der Waals surface area contributed by atoms with Gasteiger partial charge in [-0.05, 0) is 17.7 Å². The minimum atomic E-state index is -2.50. The van der Waals surface area contributed by atoms with Gasteiger partial charge < -0.3 is 5.32 Å². The lowest BCUT2D eigenvalue weighted by atomic mass is 10.0. The molecule has 1 aromatic carbocycles. The molecule has 0 unspecified atom stereocenters. The van der Waals surface area contributed by atoms with Crippen LogP contribution in [0.15, 0.2) is 22.7 Å². The first-order valence-corrected chi connectivity index (χ1v) is 6.57. The molecule has 0 spiro atoms. The van der Waals surface area contributed by atoms with Crippen molar-refractivity contribution in [1.82, 2.24) is 10.2 Å². The number of hydrogen-bond acceptors (Lipinski definition) is 2. The Morgan fingerprint density at radius 1 is 1.15 bits per heavy atom. The van der Waals surface area contributed by atoms with Crippen LogP contribution in [0.1, 0.15) is 11.6 Å². The highest BCUT2D eigenvalue weighted by atomic mass is 79.9. The number of nitrogens with zero attached hydrogens (tertiary/aromatic N) is 1. The molecule has 1 aromatic rings. The van der Waals surface area contributed by atoms with Gasteiger partial charge in [0.05, 0.1) is 6.04 Å². The summed E-state index contributed by atoms with van der Waals surface area (Å²) in [6, 6.07) is 2.89. The highest BCUT2D eigenvalue weighted by Crippen LogP contribution is 2.33. The molecule has 1 atom stereocenters. The molecule has 0 bridgehead atoms. The first kappa shape index (κ1) is 20.0. The standard InChI is InChI=1S/C12H14BrF3N2.2ClH/c13-10-7-8(14)1-2-9(10)11(12(15)16)18-5-3-17-4-6-18;;/h1-2,7,11-12,17H,3-6H2;2*1H/t11-;;/m1../s1. The van der Waals surface area contributed by atoms with E-state index in [4.69, 9.17) is 0 Å². The number of rotatable bonds is 3. The number of piperazine rings is 1. The molecular formula is C12H16BrCl2F3N2. The number of halogens is 6. The average molecular weight is 396 g/mol. The van der Waals surface area contributed by atoms with Crippen molar-refractivity contribution in [1.29, 1.82) is 0 Å². The van der Waals surface area contributed by atoms with E-state index in [1.807, 2.05) is 0 Å². The van der Waals surface area contributed by atoms with E-state index in [0.717, 1.165) is 0 Å². The van der Waals surface area contributed by atoms with Crippen molar-refractivity contribution in [2.75, 3.05) is 26.2 Å². The summed E-state index contributed by atoms with van der Waals surface area (Å²) in [5, 5.41) is 3.13. The van der Waals surface area contributed by atoms with Gasteiger partial charge in [-0.15, -0.1) is 24.8 Å². The van der Waals surface area contributed by atoms with Crippen molar-refractivity contribution in [3.05, 3.63) is 34.1 Å². The number of hydrogen-bond donors (Lipinski definition) is 1. The van der Waals surface area contributed by atoms with Crippen molar-refractivity contribution < 1.29 is 13.2 Å². The van der Waals surface area contributed by atoms with Gasteiger partial charge >= 0.3 is 0 Å². The maximum absolute atomic E-state index is 13.3. The second-order valence-corrected chi connectivity index (χ2v) is 5.09. The summed E-state index contributed by atoms with van der Waals surface area (Å²) < 4.78 is 40.0. The highest BCUT2D eigenvalue weighted by Gasteiger charge is 2.31. The Labute approximate surface area is 137 Å². The summed E-state index contributed by atoms with van der Waals surface area (Å²) in [5.74, 6) is -0.432. The van der Waals surface area contributed by atoms with Crippen LogP contribution in [-0.2, 0) is 0 Å². The zero-order chi connectivity index (χ0) is 13.1. The van der Waals surface area contributed by atoms with Crippen molar-refractivity contribution in [2.45, 2.75) is 12.5 Å². The summed E-state index contributed by atoms with van der Waals surface area (Å²) in [7, 11) is 0. The predicted octanol–water partition coefficient (Wildman–Crippen LogP) is 3.64. The van der Waals surface area contributed by atoms with Crippen molar-refractivity contribution in [3.8, 4) is 0 Å². The van der Waals surface area contributed by atoms with Gasteiger partial charge in [0, 0.05) is 30.7 Å². The first-order chi connectivity index (χ1) is 8.59. The number of benzene rings is 1. The Morgan fingerprint density at radius 3 is 2.25 bits per heavy atom. The van der Waals surface area contributed by atoms with Gasteiger partial charge in [0.2, 0.25) is 0 Å². The van der Waals surface area contributed by atoms with Gasteiger partial charge in [0.1, 0.15) is 5.82 Å². The van der Waals surface area contributed by atoms with Crippen LogP contribution in [0.3, 0.4) is 0 Å². The van der Waals surface area contributed by atoms with Crippen LogP contribution in [0.25, 0.3) is 0 Å². The summed E-state index contributed by atoms with van der Waals surface area (Å²) >= 11 is 3.17. The van der Waals surface area contributed by atoms with E-state index in [1.54, 1.807) is 4.90 Å². The van der Waals surface area contributed by atoms with E-state index in [-0.39, 0.29) is 24.8 Å². The molecule has 1 aliphatic heterocycles. The topological polar surface area (TPSA) is 15.3 Å². The van der Waals surface area contributed by atoms with E-state index in [9.17, 15) is 13.2 Å². The molecule has 1 aliphatic rings. The molecule has 0 amide bonds. The van der Waals surface area contributed by atoms with E-state index >= 15 is 0 Å². The SMILES string of the molecule is Cl.Cl.Fc1ccc([C@H](C(F)F)N2CCNCC2)c(Br)c1. The van der Waals surface area contributed by atoms with Gasteiger partial charge in [0.25, 0.3) is 6.43 Å². The summed E-state index contributed by atoms with van der Waals surface area (Å²) in [5.41, 5.74) is 0.438. The molecule has 0 aromatic heterocycles. The number of nitrogens with one attached hydrogen (secondary N) is 1. The fourth-order valence-corrected chi connectivity index (χ4v) is 2.78. The molecule has 20 heavy (non-hydrogen) atoms. The zero-order valence-corrected chi connectivity index (χ0v) is 13.7. The summed E-state index contributed by atoms with van der Waals surface area (Å²) in [6.07, 6.45) is -2.50. The summed E-state index contributed by atoms with van der Waals surface area (Å²) in [6.45, 7) is 2.53. The largest absolute Gasteiger partial charge is 0.314 e. The van der Waals surface area contributed by atoms with Gasteiger partial charge in [-0.2, -0.15) is 0 Å². The molecule has 0 aliphatic carbocycles. The molecule has 1 fully saturated rings. The second kappa shape index (κ2) is 9.10. The van der Waals surface area contributed by atoms with Gasteiger partial charge in [-0.25, -0.2) is 13.2 Å². The van der Waals surface area contributed by atoms with E-state index in [0.29, 0.717) is 36.2 Å². The van der Waals surface area contributed by atoms with Crippen LogP contribution in [0, 0.1) is 5.82 Å².